The van der Waals surface area contributed by atoms with E-state index in [1.165, 1.54) is 0 Å². The fraction of sp³-hybridized carbons (Fsp3) is 0.762. The monoisotopic (exact) mass is 481 g/mol. The number of Topliss-reactive ketones (excluding diaryl/α,β-unsaturated/α-hetero) is 1. The number of nitrogens with one attached hydrogen (secondary N) is 6. The van der Waals surface area contributed by atoms with Crippen molar-refractivity contribution in [3.63, 3.8) is 0 Å². The molecule has 2 fully saturated rings. The molecule has 192 valence electrons. The fourth-order valence-electron chi connectivity index (χ4n) is 4.14. The second kappa shape index (κ2) is 13.8. The molecule has 0 aromatic rings. The van der Waals surface area contributed by atoms with Gasteiger partial charge in [0.15, 0.2) is 11.7 Å². The Bertz CT molecular complexity index is 748. The Morgan fingerprint density at radius 3 is 2.47 bits per heavy atom. The first-order valence-corrected chi connectivity index (χ1v) is 11.9. The van der Waals surface area contributed by atoms with Crippen molar-refractivity contribution in [2.45, 2.75) is 63.2 Å². The van der Waals surface area contributed by atoms with Gasteiger partial charge >= 0.3 is 0 Å². The second-order valence-electron chi connectivity index (χ2n) is 8.70. The predicted molar refractivity (Wildman–Crippen MR) is 127 cm³/mol. The van der Waals surface area contributed by atoms with Crippen LogP contribution >= 0.6 is 0 Å². The Labute approximate surface area is 200 Å². The van der Waals surface area contributed by atoms with Gasteiger partial charge in [-0.15, -0.1) is 0 Å². The van der Waals surface area contributed by atoms with E-state index in [0.717, 1.165) is 12.8 Å². The first-order valence-electron chi connectivity index (χ1n) is 11.9. The van der Waals surface area contributed by atoms with E-state index in [1.807, 2.05) is 0 Å². The van der Waals surface area contributed by atoms with Gasteiger partial charge in [-0.25, -0.2) is 0 Å². The van der Waals surface area contributed by atoms with Gasteiger partial charge in [0.1, 0.15) is 12.1 Å². The molecule has 2 aliphatic heterocycles. The highest BCUT2D eigenvalue weighted by Crippen LogP contribution is 2.15. The molecule has 2 heterocycles. The minimum Gasteiger partial charge on any atom is -0.370 e. The average Bonchev–Trinajstić information content (AvgIpc) is 2.80. The largest absolute Gasteiger partial charge is 0.370 e. The van der Waals surface area contributed by atoms with E-state index in [4.69, 9.17) is 16.9 Å². The Kier molecular flexibility index (Phi) is 11.2. The first kappa shape index (κ1) is 27.5. The molecule has 4 atom stereocenters. The average molecular weight is 482 g/mol. The lowest BCUT2D eigenvalue weighted by molar-refractivity contribution is -0.139. The SMILES string of the molecule is CCCC[C@@H]1NC[C@H](C(=O)CN2C[C@H](C(=O)NCCN)NC(=O)[C@@H]2CCCNC(=N)N)NC1=O. The number of rotatable bonds is 13. The smallest absolute Gasteiger partial charge is 0.243 e. The third kappa shape index (κ3) is 8.22. The lowest BCUT2D eigenvalue weighted by Gasteiger charge is -2.39. The molecular formula is C21H39N9O4. The molecule has 13 heteroatoms. The predicted octanol–water partition coefficient (Wildman–Crippen LogP) is -3.29. The van der Waals surface area contributed by atoms with Crippen molar-refractivity contribution < 1.29 is 19.2 Å². The molecule has 0 aromatic carbocycles. The zero-order valence-corrected chi connectivity index (χ0v) is 19.8. The van der Waals surface area contributed by atoms with E-state index in [2.05, 4.69) is 33.5 Å². The van der Waals surface area contributed by atoms with E-state index >= 15 is 0 Å². The third-order valence-corrected chi connectivity index (χ3v) is 6.00. The van der Waals surface area contributed by atoms with Crippen LogP contribution in [0.5, 0.6) is 0 Å². The molecule has 0 bridgehead atoms. The summed E-state index contributed by atoms with van der Waals surface area (Å²) in [5, 5.41) is 21.3. The molecule has 10 N–H and O–H groups in total. The highest BCUT2D eigenvalue weighted by molar-refractivity contribution is 5.95. The summed E-state index contributed by atoms with van der Waals surface area (Å²) in [7, 11) is 0. The molecule has 2 rings (SSSR count). The van der Waals surface area contributed by atoms with Crippen LogP contribution in [0.2, 0.25) is 0 Å². The standard InChI is InChI=1S/C21H39N9O4/c1-2-3-5-13-19(33)28-14(10-27-13)17(31)12-30-11-15(18(32)25-9-7-22)29-20(34)16(30)6-4-8-26-21(23)24/h13-16,27H,2-12,22H2,1H3,(H,25,32)(H,28,33)(H,29,34)(H4,23,24,26)/t13-,14+,15+,16-/m0/s1. The molecule has 34 heavy (non-hydrogen) atoms. The van der Waals surface area contributed by atoms with Crippen molar-refractivity contribution in [1.82, 2.24) is 31.5 Å². The number of unbranched alkanes of at least 4 members (excludes halogenated alkanes) is 1. The molecular weight excluding hydrogens is 442 g/mol. The third-order valence-electron chi connectivity index (χ3n) is 6.00. The number of ketones is 1. The highest BCUT2D eigenvalue weighted by Gasteiger charge is 2.39. The Morgan fingerprint density at radius 1 is 1.09 bits per heavy atom. The Balaban J connectivity index is 2.03. The molecule has 3 amide bonds. The number of amides is 3. The number of carbonyl (C=O) groups excluding carboxylic acids is 4. The van der Waals surface area contributed by atoms with Crippen LogP contribution in [0, 0.1) is 5.41 Å². The topological polar surface area (TPSA) is 208 Å². The van der Waals surface area contributed by atoms with E-state index in [0.29, 0.717) is 32.4 Å². The quantitative estimate of drug-likeness (QED) is 0.0752. The van der Waals surface area contributed by atoms with Gasteiger partial charge in [-0.1, -0.05) is 19.8 Å². The highest BCUT2D eigenvalue weighted by atomic mass is 16.2. The molecule has 0 aromatic heterocycles. The van der Waals surface area contributed by atoms with Crippen LogP contribution in [-0.2, 0) is 19.2 Å². The number of hydrogen-bond donors (Lipinski definition) is 8. The van der Waals surface area contributed by atoms with Gasteiger partial charge in [0, 0.05) is 32.7 Å². The molecule has 0 radical (unpaired) electrons. The molecule has 0 spiro atoms. The van der Waals surface area contributed by atoms with Crippen LogP contribution in [0.3, 0.4) is 0 Å². The molecule has 2 saturated heterocycles. The second-order valence-corrected chi connectivity index (χ2v) is 8.70. The van der Waals surface area contributed by atoms with Gasteiger partial charge in [0.25, 0.3) is 0 Å². The van der Waals surface area contributed by atoms with Gasteiger partial charge in [-0.2, -0.15) is 0 Å². The number of hydrogen-bond acceptors (Lipinski definition) is 8. The van der Waals surface area contributed by atoms with Crippen molar-refractivity contribution >= 4 is 29.5 Å². The lowest BCUT2D eigenvalue weighted by Crippen LogP contribution is -2.66. The van der Waals surface area contributed by atoms with Crippen molar-refractivity contribution in [3.8, 4) is 0 Å². The zero-order valence-electron chi connectivity index (χ0n) is 19.8. The van der Waals surface area contributed by atoms with Crippen molar-refractivity contribution in [2.75, 3.05) is 39.3 Å². The summed E-state index contributed by atoms with van der Waals surface area (Å²) in [5.74, 6) is -1.29. The van der Waals surface area contributed by atoms with Crippen molar-refractivity contribution in [1.29, 1.82) is 5.41 Å². The van der Waals surface area contributed by atoms with Gasteiger partial charge in [0.2, 0.25) is 17.7 Å². The molecule has 2 aliphatic rings. The van der Waals surface area contributed by atoms with Gasteiger partial charge in [-0.05, 0) is 19.3 Å². The van der Waals surface area contributed by atoms with Crippen LogP contribution in [0.4, 0.5) is 0 Å². The maximum absolute atomic E-state index is 13.1. The van der Waals surface area contributed by atoms with Crippen LogP contribution in [0.25, 0.3) is 0 Å². The van der Waals surface area contributed by atoms with E-state index < -0.39 is 18.1 Å². The summed E-state index contributed by atoms with van der Waals surface area (Å²) in [4.78, 5) is 52.4. The van der Waals surface area contributed by atoms with Gasteiger partial charge in [-0.3, -0.25) is 29.5 Å². The number of carbonyl (C=O) groups is 4. The summed E-state index contributed by atoms with van der Waals surface area (Å²) in [6, 6.07) is -2.43. The minimum atomic E-state index is -0.809. The molecule has 0 saturated carbocycles. The summed E-state index contributed by atoms with van der Waals surface area (Å²) in [6.45, 7) is 3.42. The normalized spacial score (nSPS) is 25.2. The van der Waals surface area contributed by atoms with Crippen LogP contribution in [0.1, 0.15) is 39.0 Å². The molecule has 0 unspecified atom stereocenters. The van der Waals surface area contributed by atoms with Crippen LogP contribution < -0.4 is 38.1 Å². The van der Waals surface area contributed by atoms with Crippen molar-refractivity contribution in [3.05, 3.63) is 0 Å². The molecule has 0 aliphatic carbocycles. The number of piperazine rings is 2. The summed E-state index contributed by atoms with van der Waals surface area (Å²) in [5.41, 5.74) is 10.7. The molecule has 13 nitrogen and oxygen atoms in total. The minimum absolute atomic E-state index is 0.0782. The summed E-state index contributed by atoms with van der Waals surface area (Å²) >= 11 is 0. The Hall–Kier alpha value is -2.77. The van der Waals surface area contributed by atoms with Crippen LogP contribution in [0.15, 0.2) is 0 Å². The van der Waals surface area contributed by atoms with E-state index in [-0.39, 0.29) is 61.7 Å². The number of guanidine groups is 1. The van der Waals surface area contributed by atoms with E-state index in [1.54, 1.807) is 4.90 Å². The Morgan fingerprint density at radius 2 is 1.82 bits per heavy atom. The number of nitrogens with two attached hydrogens (primary N) is 2. The van der Waals surface area contributed by atoms with Crippen molar-refractivity contribution in [2.24, 2.45) is 11.5 Å². The van der Waals surface area contributed by atoms with Gasteiger partial charge < -0.3 is 38.1 Å². The maximum Gasteiger partial charge on any atom is 0.243 e. The summed E-state index contributed by atoms with van der Waals surface area (Å²) in [6.07, 6.45) is 3.55. The first-order chi connectivity index (χ1) is 16.3. The lowest BCUT2D eigenvalue weighted by atomic mass is 9.99. The van der Waals surface area contributed by atoms with Gasteiger partial charge in [0.05, 0.1) is 18.6 Å². The number of nitrogens with zero attached hydrogens (tertiary/aromatic N) is 1. The fourth-order valence-corrected chi connectivity index (χ4v) is 4.14. The van der Waals surface area contributed by atoms with E-state index in [9.17, 15) is 19.2 Å². The zero-order chi connectivity index (χ0) is 25.1. The van der Waals surface area contributed by atoms with Crippen LogP contribution in [-0.4, -0.2) is 97.8 Å². The summed E-state index contributed by atoms with van der Waals surface area (Å²) < 4.78 is 0. The maximum atomic E-state index is 13.1.